The summed E-state index contributed by atoms with van der Waals surface area (Å²) in [6, 6.07) is 29.2. The lowest BCUT2D eigenvalue weighted by atomic mass is 10.1. The van der Waals surface area contributed by atoms with E-state index in [9.17, 15) is 13.2 Å². The van der Waals surface area contributed by atoms with Gasteiger partial charge in [-0.15, -0.1) is 11.8 Å². The van der Waals surface area contributed by atoms with Gasteiger partial charge in [0.05, 0.1) is 10.6 Å². The number of hydrogen-bond donors (Lipinski definition) is 2. The fraction of sp³-hybridized carbons (Fsp3) is 0.107. The van der Waals surface area contributed by atoms with Crippen LogP contribution in [0.3, 0.4) is 0 Å². The van der Waals surface area contributed by atoms with E-state index in [1.165, 1.54) is 22.6 Å². The number of sulfonamides is 1. The van der Waals surface area contributed by atoms with Crippen LogP contribution >= 0.6 is 11.8 Å². The van der Waals surface area contributed by atoms with Crippen molar-refractivity contribution in [2.45, 2.75) is 29.4 Å². The summed E-state index contributed by atoms with van der Waals surface area (Å²) in [5, 5.41) is 2.82. The van der Waals surface area contributed by atoms with E-state index in [1.807, 2.05) is 31.2 Å². The normalized spacial score (nSPS) is 11.1. The molecule has 0 spiro atoms. The molecule has 0 bridgehead atoms. The highest BCUT2D eigenvalue weighted by Gasteiger charge is 2.15. The van der Waals surface area contributed by atoms with Gasteiger partial charge in [0, 0.05) is 21.9 Å². The molecule has 4 rings (SSSR count). The molecule has 0 aliphatic heterocycles. The van der Waals surface area contributed by atoms with E-state index in [0.29, 0.717) is 16.9 Å². The Morgan fingerprint density at radius 1 is 0.800 bits per heavy atom. The van der Waals surface area contributed by atoms with Crippen molar-refractivity contribution in [3.05, 3.63) is 119 Å². The summed E-state index contributed by atoms with van der Waals surface area (Å²) in [7, 11) is -3.73. The molecule has 4 aromatic rings. The van der Waals surface area contributed by atoms with Crippen molar-refractivity contribution < 1.29 is 13.2 Å². The minimum absolute atomic E-state index is 0.120. The van der Waals surface area contributed by atoms with E-state index in [1.54, 1.807) is 48.2 Å². The lowest BCUT2D eigenvalue weighted by molar-refractivity contribution is 0.102. The maximum Gasteiger partial charge on any atom is 0.261 e. The molecule has 0 aliphatic carbocycles. The Hall–Kier alpha value is -3.55. The highest BCUT2D eigenvalue weighted by Crippen LogP contribution is 2.24. The average Bonchev–Trinajstić information content (AvgIpc) is 2.86. The van der Waals surface area contributed by atoms with E-state index < -0.39 is 10.0 Å². The van der Waals surface area contributed by atoms with Gasteiger partial charge >= 0.3 is 0 Å². The largest absolute Gasteiger partial charge is 0.322 e. The van der Waals surface area contributed by atoms with E-state index in [-0.39, 0.29) is 10.8 Å². The first-order valence-corrected chi connectivity index (χ1v) is 13.6. The Bertz CT molecular complexity index is 1410. The molecule has 0 atom stereocenters. The Morgan fingerprint density at radius 2 is 1.46 bits per heavy atom. The van der Waals surface area contributed by atoms with Crippen molar-refractivity contribution in [1.29, 1.82) is 0 Å². The minimum Gasteiger partial charge on any atom is -0.322 e. The van der Waals surface area contributed by atoms with Gasteiger partial charge in [-0.05, 0) is 79.6 Å². The van der Waals surface area contributed by atoms with Crippen LogP contribution in [0.5, 0.6) is 0 Å². The number of carbonyl (C=O) groups is 1. The van der Waals surface area contributed by atoms with Crippen LogP contribution in [0, 0.1) is 13.8 Å². The molecule has 0 aliphatic rings. The van der Waals surface area contributed by atoms with Gasteiger partial charge in [0.2, 0.25) is 0 Å². The van der Waals surface area contributed by atoms with Crippen LogP contribution in [-0.4, -0.2) is 14.3 Å². The van der Waals surface area contributed by atoms with Crippen LogP contribution in [0.1, 0.15) is 27.0 Å². The van der Waals surface area contributed by atoms with Gasteiger partial charge < -0.3 is 5.32 Å². The second-order valence-corrected chi connectivity index (χ2v) is 10.9. The summed E-state index contributed by atoms with van der Waals surface area (Å²) >= 11 is 1.75. The second-order valence-electron chi connectivity index (χ2n) is 8.20. The van der Waals surface area contributed by atoms with Gasteiger partial charge in [-0.25, -0.2) is 8.42 Å². The number of para-hydroxylation sites is 1. The molecule has 0 heterocycles. The zero-order valence-corrected chi connectivity index (χ0v) is 21.1. The van der Waals surface area contributed by atoms with E-state index >= 15 is 0 Å². The molecule has 0 radical (unpaired) electrons. The summed E-state index contributed by atoms with van der Waals surface area (Å²) in [6.45, 7) is 3.91. The number of hydrogen-bond acceptors (Lipinski definition) is 4. The van der Waals surface area contributed by atoms with Crippen molar-refractivity contribution in [2.24, 2.45) is 0 Å². The maximum atomic E-state index is 12.7. The first kappa shape index (κ1) is 24.6. The van der Waals surface area contributed by atoms with Crippen LogP contribution in [0.25, 0.3) is 0 Å². The number of benzene rings is 4. The van der Waals surface area contributed by atoms with Crippen LogP contribution in [0.4, 0.5) is 11.4 Å². The number of nitrogens with one attached hydrogen (secondary N) is 2. The van der Waals surface area contributed by atoms with Crippen LogP contribution in [-0.2, 0) is 15.8 Å². The first-order chi connectivity index (χ1) is 16.8. The molecular formula is C28H26N2O3S2. The topological polar surface area (TPSA) is 75.3 Å². The first-order valence-electron chi connectivity index (χ1n) is 11.1. The Labute approximate surface area is 210 Å². The van der Waals surface area contributed by atoms with Crippen LogP contribution < -0.4 is 10.0 Å². The van der Waals surface area contributed by atoms with E-state index in [2.05, 4.69) is 41.2 Å². The standard InChI is InChI=1S/C28H26N2O3S2/c1-20-7-15-25(16-8-20)34-19-22-9-11-23(12-10-22)28(31)29-24-13-17-26(18-14-24)35(32,33)30-27-6-4-3-5-21(27)2/h3-18,30H,19H2,1-2H3,(H,29,31). The smallest absolute Gasteiger partial charge is 0.261 e. The van der Waals surface area contributed by atoms with Gasteiger partial charge in [-0.3, -0.25) is 9.52 Å². The van der Waals surface area contributed by atoms with E-state index in [4.69, 9.17) is 0 Å². The lowest BCUT2D eigenvalue weighted by Crippen LogP contribution is -2.14. The number of carbonyl (C=O) groups excluding carboxylic acids is 1. The molecule has 1 amide bonds. The van der Waals surface area contributed by atoms with Gasteiger partial charge in [0.1, 0.15) is 0 Å². The second kappa shape index (κ2) is 10.8. The van der Waals surface area contributed by atoms with Crippen molar-refractivity contribution >= 4 is 39.1 Å². The van der Waals surface area contributed by atoms with Gasteiger partial charge in [-0.2, -0.15) is 0 Å². The Kier molecular flexibility index (Phi) is 7.58. The molecule has 2 N–H and O–H groups in total. The molecule has 0 aromatic heterocycles. The molecule has 35 heavy (non-hydrogen) atoms. The number of anilines is 2. The van der Waals surface area contributed by atoms with Crippen molar-refractivity contribution in [3.8, 4) is 0 Å². The van der Waals surface area contributed by atoms with Crippen LogP contribution in [0.2, 0.25) is 0 Å². The monoisotopic (exact) mass is 502 g/mol. The summed E-state index contributed by atoms with van der Waals surface area (Å²) in [6.07, 6.45) is 0. The summed E-state index contributed by atoms with van der Waals surface area (Å²) < 4.78 is 28.0. The molecule has 0 fully saturated rings. The highest BCUT2D eigenvalue weighted by atomic mass is 32.2. The SMILES string of the molecule is Cc1ccc(SCc2ccc(C(=O)Nc3ccc(S(=O)(=O)Nc4ccccc4C)cc3)cc2)cc1. The quantitative estimate of drug-likeness (QED) is 0.265. The molecule has 0 unspecified atom stereocenters. The third-order valence-electron chi connectivity index (χ3n) is 5.45. The van der Waals surface area contributed by atoms with Crippen molar-refractivity contribution in [1.82, 2.24) is 0 Å². The Balaban J connectivity index is 1.35. The zero-order chi connectivity index (χ0) is 24.8. The number of rotatable bonds is 8. The maximum absolute atomic E-state index is 12.7. The third kappa shape index (κ3) is 6.53. The third-order valence-corrected chi connectivity index (χ3v) is 7.92. The highest BCUT2D eigenvalue weighted by molar-refractivity contribution is 7.98. The zero-order valence-electron chi connectivity index (χ0n) is 19.5. The van der Waals surface area contributed by atoms with Crippen molar-refractivity contribution in [3.63, 3.8) is 0 Å². The summed E-state index contributed by atoms with van der Waals surface area (Å²) in [5.74, 6) is 0.564. The molecule has 7 heteroatoms. The predicted molar refractivity (Wildman–Crippen MR) is 144 cm³/mol. The fourth-order valence-corrected chi connectivity index (χ4v) is 5.35. The average molecular weight is 503 g/mol. The predicted octanol–water partition coefficient (Wildman–Crippen LogP) is 6.65. The van der Waals surface area contributed by atoms with Crippen molar-refractivity contribution in [2.75, 3.05) is 10.0 Å². The summed E-state index contributed by atoms with van der Waals surface area (Å²) in [5.41, 5.74) is 4.78. The lowest BCUT2D eigenvalue weighted by Gasteiger charge is -2.11. The number of amides is 1. The fourth-order valence-electron chi connectivity index (χ4n) is 3.37. The Morgan fingerprint density at radius 3 is 2.11 bits per heavy atom. The van der Waals surface area contributed by atoms with Gasteiger partial charge in [0.15, 0.2) is 0 Å². The number of thioether (sulfide) groups is 1. The van der Waals surface area contributed by atoms with Gasteiger partial charge in [0.25, 0.3) is 15.9 Å². The summed E-state index contributed by atoms with van der Waals surface area (Å²) in [4.78, 5) is 14.0. The van der Waals surface area contributed by atoms with E-state index in [0.717, 1.165) is 16.9 Å². The molecule has 178 valence electrons. The van der Waals surface area contributed by atoms with Gasteiger partial charge in [-0.1, -0.05) is 48.0 Å². The molecular weight excluding hydrogens is 476 g/mol. The molecule has 0 saturated carbocycles. The van der Waals surface area contributed by atoms with Crippen LogP contribution in [0.15, 0.2) is 107 Å². The molecule has 5 nitrogen and oxygen atoms in total. The molecule has 0 saturated heterocycles. The number of aryl methyl sites for hydroxylation is 2. The molecule has 4 aromatic carbocycles. The minimum atomic E-state index is -3.73.